The van der Waals surface area contributed by atoms with Crippen molar-refractivity contribution in [1.29, 1.82) is 0 Å². The van der Waals surface area contributed by atoms with E-state index in [9.17, 15) is 26.4 Å². The van der Waals surface area contributed by atoms with Crippen LogP contribution in [0.3, 0.4) is 0 Å². The summed E-state index contributed by atoms with van der Waals surface area (Å²) in [5.74, 6) is 0.607. The number of sulfonamides is 1. The Morgan fingerprint density at radius 1 is 1.11 bits per heavy atom. The highest BCUT2D eigenvalue weighted by atomic mass is 35.5. The summed E-state index contributed by atoms with van der Waals surface area (Å²) in [7, 11) is -3.96. The highest BCUT2D eigenvalue weighted by Crippen LogP contribution is 2.33. The molecule has 0 N–H and O–H groups in total. The number of halogens is 4. The molecule has 2 aromatic rings. The average molecular weight is 545 g/mol. The molecule has 2 aliphatic rings. The molecule has 0 bridgehead atoms. The van der Waals surface area contributed by atoms with Crippen LogP contribution in [0.1, 0.15) is 40.1 Å². The van der Waals surface area contributed by atoms with Gasteiger partial charge in [0.15, 0.2) is 0 Å². The molecule has 0 saturated carbocycles. The Bertz CT molecular complexity index is 1190. The molecule has 0 aliphatic carbocycles. The molecule has 3 heterocycles. The molecule has 2 aliphatic heterocycles. The third kappa shape index (κ3) is 5.52. The maximum Gasteiger partial charge on any atom is 0.416 e. The Labute approximate surface area is 215 Å². The molecule has 0 radical (unpaired) electrons. The summed E-state index contributed by atoms with van der Waals surface area (Å²) in [6.07, 6.45) is -0.627. The van der Waals surface area contributed by atoms with E-state index in [2.05, 4.69) is 16.5 Å². The minimum Gasteiger partial charge on any atom is -0.356 e. The molecule has 7 nitrogen and oxygen atoms in total. The van der Waals surface area contributed by atoms with Gasteiger partial charge < -0.3 is 9.80 Å². The number of carbonyl (C=O) groups excluding carboxylic acids is 1. The van der Waals surface area contributed by atoms with Crippen LogP contribution in [0.25, 0.3) is 0 Å². The molecule has 2 saturated heterocycles. The molecule has 1 aromatic carbocycles. The fourth-order valence-corrected chi connectivity index (χ4v) is 6.14. The Hall–Kier alpha value is -2.63. The molecule has 0 spiro atoms. The number of hydrogen-bond acceptors (Lipinski definition) is 5. The quantitative estimate of drug-likeness (QED) is 0.511. The third-order valence-corrected chi connectivity index (χ3v) is 8.65. The summed E-state index contributed by atoms with van der Waals surface area (Å²) in [5, 5.41) is -1.20. The van der Waals surface area contributed by atoms with E-state index < -0.39 is 33.1 Å². The number of nitrogens with zero attached hydrogens (tertiary/aromatic N) is 4. The van der Waals surface area contributed by atoms with Gasteiger partial charge >= 0.3 is 6.18 Å². The summed E-state index contributed by atoms with van der Waals surface area (Å²) >= 11 is 0. The SMILES string of the molecule is C=CC(c1ccc(C(F)(F)F)cc1)S(=O)(=O)N1CCN(C(=O)c2ccc(N3CCC3)nc2)C(C)C1.Cl. The summed E-state index contributed by atoms with van der Waals surface area (Å²) in [4.78, 5) is 21.2. The smallest absolute Gasteiger partial charge is 0.356 e. The maximum atomic E-state index is 13.3. The normalized spacial score (nSPS) is 19.7. The van der Waals surface area contributed by atoms with Crippen molar-refractivity contribution in [3.8, 4) is 0 Å². The molecule has 196 valence electrons. The van der Waals surface area contributed by atoms with Crippen molar-refractivity contribution in [2.24, 2.45) is 0 Å². The van der Waals surface area contributed by atoms with E-state index in [-0.39, 0.29) is 43.5 Å². The molecule has 12 heteroatoms. The third-order valence-electron chi connectivity index (χ3n) is 6.49. The van der Waals surface area contributed by atoms with E-state index in [1.165, 1.54) is 10.4 Å². The van der Waals surface area contributed by atoms with Gasteiger partial charge in [0.05, 0.1) is 11.1 Å². The van der Waals surface area contributed by atoms with Crippen molar-refractivity contribution in [3.63, 3.8) is 0 Å². The topological polar surface area (TPSA) is 73.8 Å². The van der Waals surface area contributed by atoms with Crippen LogP contribution < -0.4 is 4.90 Å². The number of carbonyl (C=O) groups is 1. The number of pyridine rings is 1. The lowest BCUT2D eigenvalue weighted by Crippen LogP contribution is -2.55. The Morgan fingerprint density at radius 2 is 1.78 bits per heavy atom. The standard InChI is InChI=1S/C24H27F3N4O3S.ClH/c1-3-21(18-5-8-20(9-6-18)24(25,26)27)35(33,34)30-13-14-31(17(2)16-30)23(32)19-7-10-22(28-15-19)29-11-4-12-29;/h3,5-10,15,17,21H,1,4,11-14,16H2,2H3;1H. The summed E-state index contributed by atoms with van der Waals surface area (Å²) in [5.41, 5.74) is -0.215. The van der Waals surface area contributed by atoms with E-state index >= 15 is 0 Å². The zero-order valence-electron chi connectivity index (χ0n) is 19.7. The first-order chi connectivity index (χ1) is 16.5. The molecule has 2 atom stereocenters. The number of hydrogen-bond donors (Lipinski definition) is 0. The lowest BCUT2D eigenvalue weighted by Gasteiger charge is -2.40. The fraction of sp³-hybridized carbons (Fsp3) is 0.417. The van der Waals surface area contributed by atoms with Gasteiger partial charge in [0.2, 0.25) is 10.0 Å². The highest BCUT2D eigenvalue weighted by Gasteiger charge is 2.38. The van der Waals surface area contributed by atoms with Gasteiger partial charge in [0.25, 0.3) is 5.91 Å². The molecule has 4 rings (SSSR count). The molecule has 1 aromatic heterocycles. The van der Waals surface area contributed by atoms with Gasteiger partial charge in [0.1, 0.15) is 11.1 Å². The Kier molecular flexibility index (Phi) is 8.37. The summed E-state index contributed by atoms with van der Waals surface area (Å²) in [6.45, 7) is 7.59. The fourth-order valence-electron chi connectivity index (χ4n) is 4.32. The number of amides is 1. The summed E-state index contributed by atoms with van der Waals surface area (Å²) in [6, 6.07) is 7.19. The molecule has 2 unspecified atom stereocenters. The average Bonchev–Trinajstić information content (AvgIpc) is 2.78. The van der Waals surface area contributed by atoms with Crippen molar-refractivity contribution in [1.82, 2.24) is 14.2 Å². The molecule has 1 amide bonds. The van der Waals surface area contributed by atoms with E-state index in [0.29, 0.717) is 5.56 Å². The van der Waals surface area contributed by atoms with Crippen LogP contribution in [0.2, 0.25) is 0 Å². The molecule has 36 heavy (non-hydrogen) atoms. The predicted octanol–water partition coefficient (Wildman–Crippen LogP) is 4.14. The van der Waals surface area contributed by atoms with Crippen LogP contribution in [0.15, 0.2) is 55.3 Å². The second-order valence-corrected chi connectivity index (χ2v) is 10.8. The number of piperazine rings is 1. The van der Waals surface area contributed by atoms with E-state index in [0.717, 1.165) is 49.6 Å². The van der Waals surface area contributed by atoms with Crippen LogP contribution in [-0.2, 0) is 16.2 Å². The van der Waals surface area contributed by atoms with Crippen LogP contribution >= 0.6 is 12.4 Å². The largest absolute Gasteiger partial charge is 0.416 e. The maximum absolute atomic E-state index is 13.3. The number of anilines is 1. The number of rotatable bonds is 6. The lowest BCUT2D eigenvalue weighted by atomic mass is 10.1. The van der Waals surface area contributed by atoms with E-state index in [1.54, 1.807) is 24.1 Å². The first-order valence-electron chi connectivity index (χ1n) is 11.3. The molecule has 2 fully saturated rings. The van der Waals surface area contributed by atoms with Gasteiger partial charge in [-0.15, -0.1) is 19.0 Å². The number of benzene rings is 1. The van der Waals surface area contributed by atoms with Crippen molar-refractivity contribution in [2.75, 3.05) is 37.6 Å². The first kappa shape index (κ1) is 27.9. The van der Waals surface area contributed by atoms with Gasteiger partial charge in [-0.25, -0.2) is 13.4 Å². The zero-order valence-corrected chi connectivity index (χ0v) is 21.3. The minimum absolute atomic E-state index is 0. The van der Waals surface area contributed by atoms with Crippen molar-refractivity contribution >= 4 is 34.2 Å². The van der Waals surface area contributed by atoms with Crippen molar-refractivity contribution < 1.29 is 26.4 Å². The zero-order chi connectivity index (χ0) is 25.4. The monoisotopic (exact) mass is 544 g/mol. The van der Waals surface area contributed by atoms with E-state index in [1.807, 2.05) is 6.07 Å². The van der Waals surface area contributed by atoms with Gasteiger partial charge in [-0.05, 0) is 43.2 Å². The first-order valence-corrected chi connectivity index (χ1v) is 12.8. The van der Waals surface area contributed by atoms with Gasteiger partial charge in [-0.2, -0.15) is 17.5 Å². The second-order valence-electron chi connectivity index (χ2n) is 8.77. The molecular weight excluding hydrogens is 517 g/mol. The van der Waals surface area contributed by atoms with Crippen molar-refractivity contribution in [2.45, 2.75) is 30.8 Å². The van der Waals surface area contributed by atoms with Gasteiger partial charge in [-0.3, -0.25) is 4.79 Å². The predicted molar refractivity (Wildman–Crippen MR) is 134 cm³/mol. The Balaban J connectivity index is 0.00000361. The number of alkyl halides is 3. The highest BCUT2D eigenvalue weighted by molar-refractivity contribution is 7.89. The minimum atomic E-state index is -4.51. The lowest BCUT2D eigenvalue weighted by molar-refractivity contribution is -0.137. The van der Waals surface area contributed by atoms with Gasteiger partial charge in [0, 0.05) is 45.0 Å². The summed E-state index contributed by atoms with van der Waals surface area (Å²) < 4.78 is 66.6. The van der Waals surface area contributed by atoms with Crippen molar-refractivity contribution in [3.05, 3.63) is 71.9 Å². The Morgan fingerprint density at radius 3 is 2.25 bits per heavy atom. The molecular formula is C24H28ClF3N4O3S. The van der Waals surface area contributed by atoms with Crippen LogP contribution in [0.4, 0.5) is 19.0 Å². The van der Waals surface area contributed by atoms with E-state index in [4.69, 9.17) is 0 Å². The van der Waals surface area contributed by atoms with Crippen LogP contribution in [0, 0.1) is 0 Å². The second kappa shape index (κ2) is 10.8. The van der Waals surface area contributed by atoms with Gasteiger partial charge in [-0.1, -0.05) is 18.2 Å². The van der Waals surface area contributed by atoms with Crippen LogP contribution in [0.5, 0.6) is 0 Å². The number of aromatic nitrogens is 1. The van der Waals surface area contributed by atoms with Crippen LogP contribution in [-0.4, -0.2) is 67.3 Å².